The minimum atomic E-state index is -1.03. The van der Waals surface area contributed by atoms with Crippen molar-refractivity contribution in [3.8, 4) is 0 Å². The maximum Gasteiger partial charge on any atom is 0.326 e. The number of carboxylic acids is 1. The van der Waals surface area contributed by atoms with Crippen LogP contribution >= 0.6 is 0 Å². The molecule has 0 spiro atoms. The van der Waals surface area contributed by atoms with Crippen molar-refractivity contribution in [1.82, 2.24) is 10.6 Å². The summed E-state index contributed by atoms with van der Waals surface area (Å²) in [5, 5.41) is 14.2. The molecule has 0 fully saturated rings. The molecular formula is C10H20N2O4. The SMILES string of the molecule is CNCCCC(=O)NC(CCOC)C(=O)O. The van der Waals surface area contributed by atoms with E-state index in [0.717, 1.165) is 6.54 Å². The largest absolute Gasteiger partial charge is 0.480 e. The van der Waals surface area contributed by atoms with Crippen molar-refractivity contribution in [1.29, 1.82) is 0 Å². The average molecular weight is 232 g/mol. The average Bonchev–Trinajstić information content (AvgIpc) is 2.24. The van der Waals surface area contributed by atoms with Gasteiger partial charge in [-0.1, -0.05) is 0 Å². The number of methoxy groups -OCH3 is 1. The van der Waals surface area contributed by atoms with E-state index in [1.807, 2.05) is 0 Å². The van der Waals surface area contributed by atoms with Gasteiger partial charge in [-0.25, -0.2) is 4.79 Å². The first-order valence-corrected chi connectivity index (χ1v) is 5.27. The molecule has 0 aliphatic heterocycles. The van der Waals surface area contributed by atoms with Gasteiger partial charge in [0.15, 0.2) is 0 Å². The van der Waals surface area contributed by atoms with Crippen LogP contribution in [0, 0.1) is 0 Å². The van der Waals surface area contributed by atoms with E-state index >= 15 is 0 Å². The van der Waals surface area contributed by atoms with Gasteiger partial charge in [0, 0.05) is 26.6 Å². The number of aliphatic carboxylic acids is 1. The summed E-state index contributed by atoms with van der Waals surface area (Å²) in [6.07, 6.45) is 1.31. The molecule has 1 unspecified atom stereocenters. The van der Waals surface area contributed by atoms with Crippen molar-refractivity contribution in [2.75, 3.05) is 27.3 Å². The van der Waals surface area contributed by atoms with Gasteiger partial charge in [-0.05, 0) is 20.0 Å². The molecule has 0 bridgehead atoms. The summed E-state index contributed by atoms with van der Waals surface area (Å²) in [5.41, 5.74) is 0. The van der Waals surface area contributed by atoms with Crippen molar-refractivity contribution in [3.05, 3.63) is 0 Å². The molecule has 0 rings (SSSR count). The Morgan fingerprint density at radius 3 is 2.62 bits per heavy atom. The molecule has 0 aliphatic carbocycles. The lowest BCUT2D eigenvalue weighted by atomic mass is 10.2. The summed E-state index contributed by atoms with van der Waals surface area (Å²) < 4.78 is 4.78. The van der Waals surface area contributed by atoms with Crippen LogP contribution in [0.5, 0.6) is 0 Å². The third kappa shape index (κ3) is 7.19. The molecular weight excluding hydrogens is 212 g/mol. The van der Waals surface area contributed by atoms with E-state index in [-0.39, 0.29) is 12.3 Å². The van der Waals surface area contributed by atoms with E-state index in [1.165, 1.54) is 7.11 Å². The fourth-order valence-corrected chi connectivity index (χ4v) is 1.19. The van der Waals surface area contributed by atoms with Gasteiger partial charge in [0.25, 0.3) is 0 Å². The normalized spacial score (nSPS) is 12.1. The third-order valence-electron chi connectivity index (χ3n) is 2.07. The second-order valence-electron chi connectivity index (χ2n) is 3.45. The standard InChI is InChI=1S/C10H20N2O4/c1-11-6-3-4-9(13)12-8(10(14)15)5-7-16-2/h8,11H,3-7H2,1-2H3,(H,12,13)(H,14,15). The number of rotatable bonds is 9. The lowest BCUT2D eigenvalue weighted by Crippen LogP contribution is -2.41. The number of ether oxygens (including phenoxy) is 1. The molecule has 0 saturated carbocycles. The summed E-state index contributed by atoms with van der Waals surface area (Å²) in [4.78, 5) is 22.1. The Bertz CT molecular complexity index is 221. The van der Waals surface area contributed by atoms with Crippen LogP contribution < -0.4 is 10.6 Å². The van der Waals surface area contributed by atoms with Crippen LogP contribution in [0.2, 0.25) is 0 Å². The highest BCUT2D eigenvalue weighted by Gasteiger charge is 2.18. The molecule has 0 radical (unpaired) electrons. The van der Waals surface area contributed by atoms with Crippen LogP contribution in [0.15, 0.2) is 0 Å². The molecule has 1 atom stereocenters. The molecule has 16 heavy (non-hydrogen) atoms. The van der Waals surface area contributed by atoms with Gasteiger partial charge in [-0.3, -0.25) is 4.79 Å². The van der Waals surface area contributed by atoms with Crippen molar-refractivity contribution >= 4 is 11.9 Å². The first kappa shape index (κ1) is 14.9. The molecule has 94 valence electrons. The van der Waals surface area contributed by atoms with E-state index in [1.54, 1.807) is 7.05 Å². The Morgan fingerprint density at radius 2 is 2.12 bits per heavy atom. The Kier molecular flexibility index (Phi) is 8.46. The minimum absolute atomic E-state index is 0.237. The van der Waals surface area contributed by atoms with Gasteiger partial charge < -0.3 is 20.5 Å². The monoisotopic (exact) mass is 232 g/mol. The highest BCUT2D eigenvalue weighted by Crippen LogP contribution is 1.95. The lowest BCUT2D eigenvalue weighted by molar-refractivity contribution is -0.142. The summed E-state index contributed by atoms with van der Waals surface area (Å²) in [6.45, 7) is 1.05. The molecule has 0 saturated heterocycles. The predicted molar refractivity (Wildman–Crippen MR) is 59.2 cm³/mol. The highest BCUT2D eigenvalue weighted by atomic mass is 16.5. The van der Waals surface area contributed by atoms with Crippen LogP contribution in [0.4, 0.5) is 0 Å². The van der Waals surface area contributed by atoms with Crippen molar-refractivity contribution in [2.45, 2.75) is 25.3 Å². The van der Waals surface area contributed by atoms with Crippen molar-refractivity contribution in [2.24, 2.45) is 0 Å². The number of carboxylic acid groups (broad SMARTS) is 1. The highest BCUT2D eigenvalue weighted by molar-refractivity contribution is 5.83. The lowest BCUT2D eigenvalue weighted by Gasteiger charge is -2.13. The van der Waals surface area contributed by atoms with Gasteiger partial charge >= 0.3 is 5.97 Å². The molecule has 6 heteroatoms. The van der Waals surface area contributed by atoms with Crippen LogP contribution in [0.1, 0.15) is 19.3 Å². The number of nitrogens with one attached hydrogen (secondary N) is 2. The Morgan fingerprint density at radius 1 is 1.44 bits per heavy atom. The topological polar surface area (TPSA) is 87.7 Å². The Balaban J connectivity index is 3.88. The molecule has 0 aromatic heterocycles. The van der Waals surface area contributed by atoms with Crippen molar-refractivity contribution < 1.29 is 19.4 Å². The number of carbonyl (C=O) groups is 2. The fraction of sp³-hybridized carbons (Fsp3) is 0.800. The summed E-state index contributed by atoms with van der Waals surface area (Å²) in [7, 11) is 3.30. The second-order valence-corrected chi connectivity index (χ2v) is 3.45. The zero-order valence-electron chi connectivity index (χ0n) is 9.78. The molecule has 1 amide bonds. The molecule has 0 aromatic carbocycles. The van der Waals surface area contributed by atoms with E-state index in [2.05, 4.69) is 10.6 Å². The maximum atomic E-state index is 11.4. The van der Waals surface area contributed by atoms with Crippen LogP contribution in [0.3, 0.4) is 0 Å². The smallest absolute Gasteiger partial charge is 0.326 e. The molecule has 0 heterocycles. The fourth-order valence-electron chi connectivity index (χ4n) is 1.19. The van der Waals surface area contributed by atoms with E-state index < -0.39 is 12.0 Å². The minimum Gasteiger partial charge on any atom is -0.480 e. The second kappa shape index (κ2) is 9.11. The van der Waals surface area contributed by atoms with Crippen LogP contribution in [-0.2, 0) is 14.3 Å². The van der Waals surface area contributed by atoms with Gasteiger partial charge in [0.1, 0.15) is 6.04 Å². The first-order valence-electron chi connectivity index (χ1n) is 5.27. The predicted octanol–water partition coefficient (Wildman–Crippen LogP) is -0.408. The molecule has 0 aliphatic rings. The molecule has 0 aromatic rings. The van der Waals surface area contributed by atoms with Crippen LogP contribution in [0.25, 0.3) is 0 Å². The summed E-state index contributed by atoms with van der Waals surface area (Å²) in [5.74, 6) is -1.27. The maximum absolute atomic E-state index is 11.4. The third-order valence-corrected chi connectivity index (χ3v) is 2.07. The number of carbonyl (C=O) groups excluding carboxylic acids is 1. The van der Waals surface area contributed by atoms with Gasteiger partial charge in [-0.15, -0.1) is 0 Å². The van der Waals surface area contributed by atoms with Gasteiger partial charge in [0.05, 0.1) is 0 Å². The molecule has 6 nitrogen and oxygen atoms in total. The number of hydrogen-bond donors (Lipinski definition) is 3. The summed E-state index contributed by atoms with van der Waals surface area (Å²) in [6, 6.07) is -0.859. The van der Waals surface area contributed by atoms with Crippen molar-refractivity contribution in [3.63, 3.8) is 0 Å². The van der Waals surface area contributed by atoms with Crippen LogP contribution in [-0.4, -0.2) is 50.3 Å². The van der Waals surface area contributed by atoms with Gasteiger partial charge in [-0.2, -0.15) is 0 Å². The Hall–Kier alpha value is -1.14. The van der Waals surface area contributed by atoms with Gasteiger partial charge in [0.2, 0.25) is 5.91 Å². The zero-order valence-corrected chi connectivity index (χ0v) is 9.78. The summed E-state index contributed by atoms with van der Waals surface area (Å²) >= 11 is 0. The van der Waals surface area contributed by atoms with E-state index in [9.17, 15) is 9.59 Å². The Labute approximate surface area is 95.4 Å². The number of amides is 1. The number of hydrogen-bond acceptors (Lipinski definition) is 4. The first-order chi connectivity index (χ1) is 7.61. The zero-order chi connectivity index (χ0) is 12.4. The molecule has 3 N–H and O–H groups in total. The van der Waals surface area contributed by atoms with E-state index in [4.69, 9.17) is 9.84 Å². The van der Waals surface area contributed by atoms with E-state index in [0.29, 0.717) is 19.4 Å². The quantitative estimate of drug-likeness (QED) is 0.470.